The van der Waals surface area contributed by atoms with Crippen LogP contribution in [0, 0.1) is 5.92 Å². The maximum Gasteiger partial charge on any atom is 0.239 e. The van der Waals surface area contributed by atoms with Crippen LogP contribution >= 0.6 is 0 Å². The Balaban J connectivity index is 1.94. The van der Waals surface area contributed by atoms with Crippen LogP contribution in [0.3, 0.4) is 0 Å². The minimum Gasteiger partial charge on any atom is -0.344 e. The van der Waals surface area contributed by atoms with Crippen LogP contribution in [0.25, 0.3) is 0 Å². The van der Waals surface area contributed by atoms with Crippen molar-refractivity contribution in [2.45, 2.75) is 50.9 Å². The molecule has 1 amide bonds. The van der Waals surface area contributed by atoms with Crippen LogP contribution in [0.1, 0.15) is 33.6 Å². The minimum atomic E-state index is -3.17. The van der Waals surface area contributed by atoms with Crippen LogP contribution in [0.2, 0.25) is 0 Å². The third-order valence-electron chi connectivity index (χ3n) is 4.67. The largest absolute Gasteiger partial charge is 0.344 e. The number of sulfonamides is 1. The molecule has 2 fully saturated rings. The second-order valence-corrected chi connectivity index (χ2v) is 9.08. The highest BCUT2D eigenvalue weighted by Crippen LogP contribution is 2.23. The first kappa shape index (κ1) is 16.7. The Hall–Kier alpha value is -0.660. The Morgan fingerprint density at radius 1 is 1.24 bits per heavy atom. The van der Waals surface area contributed by atoms with Crippen LogP contribution in [-0.4, -0.2) is 67.5 Å². The lowest BCUT2D eigenvalue weighted by Gasteiger charge is -2.38. The van der Waals surface area contributed by atoms with E-state index >= 15 is 0 Å². The lowest BCUT2D eigenvalue weighted by atomic mass is 9.94. The number of carbonyl (C=O) groups excluding carboxylic acids is 1. The topological polar surface area (TPSA) is 69.7 Å². The van der Waals surface area contributed by atoms with Gasteiger partial charge in [-0.3, -0.25) is 4.79 Å². The molecule has 0 unspecified atom stereocenters. The molecule has 6 nitrogen and oxygen atoms in total. The summed E-state index contributed by atoms with van der Waals surface area (Å²) in [7, 11) is -1.35. The number of nitrogens with one attached hydrogen (secondary N) is 1. The van der Waals surface area contributed by atoms with E-state index in [0.29, 0.717) is 13.1 Å². The summed E-state index contributed by atoms with van der Waals surface area (Å²) in [5.74, 6) is 0.366. The van der Waals surface area contributed by atoms with Gasteiger partial charge in [0.1, 0.15) is 0 Å². The van der Waals surface area contributed by atoms with Crippen LogP contribution in [0.4, 0.5) is 0 Å². The summed E-state index contributed by atoms with van der Waals surface area (Å²) >= 11 is 0. The zero-order valence-corrected chi connectivity index (χ0v) is 14.2. The molecule has 0 aliphatic carbocycles. The zero-order valence-electron chi connectivity index (χ0n) is 13.4. The van der Waals surface area contributed by atoms with Crippen molar-refractivity contribution < 1.29 is 13.2 Å². The van der Waals surface area contributed by atoms with Gasteiger partial charge in [0.2, 0.25) is 15.9 Å². The fourth-order valence-corrected chi connectivity index (χ4v) is 4.52. The minimum absolute atomic E-state index is 0.101. The molecule has 0 aromatic rings. The second-order valence-electron chi connectivity index (χ2n) is 6.59. The zero-order chi connectivity index (χ0) is 15.8. The van der Waals surface area contributed by atoms with Crippen LogP contribution in [0.5, 0.6) is 0 Å². The average molecular weight is 317 g/mol. The molecule has 3 atom stereocenters. The van der Waals surface area contributed by atoms with Crippen molar-refractivity contribution in [1.82, 2.24) is 14.5 Å². The van der Waals surface area contributed by atoms with E-state index in [9.17, 15) is 13.2 Å². The number of hydrogen-bond donors (Lipinski definition) is 1. The lowest BCUT2D eigenvalue weighted by Crippen LogP contribution is -2.54. The third kappa shape index (κ3) is 3.40. The summed E-state index contributed by atoms with van der Waals surface area (Å²) in [6.45, 7) is 7.37. The number of amides is 1. The fourth-order valence-electron chi connectivity index (χ4n) is 3.12. The molecule has 2 heterocycles. The number of nitrogens with zero attached hydrogens (tertiary/aromatic N) is 2. The fraction of sp³-hybridized carbons (Fsp3) is 0.929. The standard InChI is InChI=1S/C14H27N3O3S/c1-10(2)21(19,20)17-8-6-12(11(3)9-17)15-13-5-7-16(4)14(13)18/h10-13,15H,5-9H2,1-4H3/t11-,12+,13-/m1/s1. The third-order valence-corrected chi connectivity index (χ3v) is 6.91. The molecular weight excluding hydrogens is 290 g/mol. The molecule has 0 aromatic heterocycles. The molecule has 2 rings (SSSR count). The van der Waals surface area contributed by atoms with Gasteiger partial charge in [-0.05, 0) is 32.6 Å². The molecule has 2 aliphatic rings. The van der Waals surface area contributed by atoms with E-state index in [0.717, 1.165) is 19.4 Å². The molecule has 7 heteroatoms. The second kappa shape index (κ2) is 6.22. The van der Waals surface area contributed by atoms with Crippen molar-refractivity contribution in [3.63, 3.8) is 0 Å². The van der Waals surface area contributed by atoms with Crippen LogP contribution in [0.15, 0.2) is 0 Å². The summed E-state index contributed by atoms with van der Waals surface area (Å²) < 4.78 is 26.0. The molecule has 122 valence electrons. The van der Waals surface area contributed by atoms with E-state index in [1.165, 1.54) is 0 Å². The van der Waals surface area contributed by atoms with Gasteiger partial charge in [-0.15, -0.1) is 0 Å². The highest BCUT2D eigenvalue weighted by molar-refractivity contribution is 7.89. The first-order chi connectivity index (χ1) is 9.73. The Kier molecular flexibility index (Phi) is 4.95. The molecular formula is C14H27N3O3S. The summed E-state index contributed by atoms with van der Waals surface area (Å²) in [5.41, 5.74) is 0. The van der Waals surface area contributed by atoms with E-state index in [-0.39, 0.29) is 29.2 Å². The predicted octanol–water partition coefficient (Wildman–Crippen LogP) is 0.255. The predicted molar refractivity (Wildman–Crippen MR) is 82.4 cm³/mol. The van der Waals surface area contributed by atoms with Crippen molar-refractivity contribution >= 4 is 15.9 Å². The van der Waals surface area contributed by atoms with Gasteiger partial charge in [0.25, 0.3) is 0 Å². The number of piperidine rings is 1. The number of likely N-dealkylation sites (N-methyl/N-ethyl adjacent to an activating group) is 1. The number of rotatable bonds is 4. The molecule has 2 aliphatic heterocycles. The maximum absolute atomic E-state index is 12.2. The molecule has 0 spiro atoms. The Morgan fingerprint density at radius 3 is 2.38 bits per heavy atom. The van der Waals surface area contributed by atoms with E-state index in [4.69, 9.17) is 0 Å². The Bertz CT molecular complexity index is 492. The van der Waals surface area contributed by atoms with Gasteiger partial charge in [0, 0.05) is 32.7 Å². The highest BCUT2D eigenvalue weighted by Gasteiger charge is 2.37. The molecule has 0 radical (unpaired) electrons. The first-order valence-corrected chi connectivity index (χ1v) is 9.23. The van der Waals surface area contributed by atoms with Gasteiger partial charge in [0.15, 0.2) is 0 Å². The van der Waals surface area contributed by atoms with Crippen LogP contribution in [-0.2, 0) is 14.8 Å². The summed E-state index contributed by atoms with van der Waals surface area (Å²) in [6, 6.07) is 0.111. The lowest BCUT2D eigenvalue weighted by molar-refractivity contribution is -0.128. The van der Waals surface area contributed by atoms with Gasteiger partial charge in [-0.1, -0.05) is 6.92 Å². The molecule has 2 saturated heterocycles. The maximum atomic E-state index is 12.2. The van der Waals surface area contributed by atoms with Gasteiger partial charge in [0.05, 0.1) is 11.3 Å². The van der Waals surface area contributed by atoms with Gasteiger partial charge >= 0.3 is 0 Å². The van der Waals surface area contributed by atoms with Crippen molar-refractivity contribution in [2.75, 3.05) is 26.7 Å². The summed E-state index contributed by atoms with van der Waals surface area (Å²) in [5, 5.41) is 3.06. The Morgan fingerprint density at radius 2 is 1.90 bits per heavy atom. The number of carbonyl (C=O) groups is 1. The van der Waals surface area contributed by atoms with Crippen molar-refractivity contribution in [3.05, 3.63) is 0 Å². The summed E-state index contributed by atoms with van der Waals surface area (Å²) in [4.78, 5) is 13.7. The molecule has 0 bridgehead atoms. The molecule has 1 N–H and O–H groups in total. The SMILES string of the molecule is CC(C)S(=O)(=O)N1CC[C@H](N[C@@H]2CCN(C)C2=O)[C@H](C)C1. The molecule has 0 aromatic carbocycles. The van der Waals surface area contributed by atoms with Crippen molar-refractivity contribution in [3.8, 4) is 0 Å². The van der Waals surface area contributed by atoms with E-state index in [1.807, 2.05) is 7.05 Å². The monoisotopic (exact) mass is 317 g/mol. The number of hydrogen-bond acceptors (Lipinski definition) is 4. The van der Waals surface area contributed by atoms with E-state index in [2.05, 4.69) is 12.2 Å². The van der Waals surface area contributed by atoms with Crippen molar-refractivity contribution in [1.29, 1.82) is 0 Å². The van der Waals surface area contributed by atoms with Crippen molar-refractivity contribution in [2.24, 2.45) is 5.92 Å². The summed E-state index contributed by atoms with van der Waals surface area (Å²) in [6.07, 6.45) is 1.60. The molecule has 21 heavy (non-hydrogen) atoms. The first-order valence-electron chi connectivity index (χ1n) is 7.73. The average Bonchev–Trinajstić information content (AvgIpc) is 2.72. The Labute approximate surface area is 127 Å². The normalized spacial score (nSPS) is 32.1. The number of likely N-dealkylation sites (tertiary alicyclic amines) is 1. The molecule has 0 saturated carbocycles. The van der Waals surface area contributed by atoms with E-state index in [1.54, 1.807) is 23.1 Å². The highest BCUT2D eigenvalue weighted by atomic mass is 32.2. The quantitative estimate of drug-likeness (QED) is 0.807. The van der Waals surface area contributed by atoms with Gasteiger partial charge in [-0.2, -0.15) is 0 Å². The smallest absolute Gasteiger partial charge is 0.239 e. The van der Waals surface area contributed by atoms with Gasteiger partial charge in [-0.25, -0.2) is 12.7 Å². The van der Waals surface area contributed by atoms with E-state index < -0.39 is 10.0 Å². The van der Waals surface area contributed by atoms with Gasteiger partial charge < -0.3 is 10.2 Å². The van der Waals surface area contributed by atoms with Crippen LogP contribution < -0.4 is 5.32 Å².